The third-order valence-corrected chi connectivity index (χ3v) is 3.85. The number of methoxy groups -OCH3 is 1. The summed E-state index contributed by atoms with van der Waals surface area (Å²) in [7, 11) is 1.58. The summed E-state index contributed by atoms with van der Waals surface area (Å²) in [5.41, 5.74) is 1.84. The van der Waals surface area contributed by atoms with Gasteiger partial charge in [-0.1, -0.05) is 0 Å². The van der Waals surface area contributed by atoms with Crippen LogP contribution in [0.25, 0.3) is 0 Å². The van der Waals surface area contributed by atoms with Gasteiger partial charge in [0.25, 0.3) is 0 Å². The highest BCUT2D eigenvalue weighted by molar-refractivity contribution is 5.86. The standard InChI is InChI=1S/C18H18F2N2O2/c1-23-18-11-15(22-6-8-24-9-7-22)4-2-13(18)12-21-17-5-3-14(19)10-16(17)20/h2-5,10-12H,6-9H2,1H3. The van der Waals surface area contributed by atoms with Gasteiger partial charge in [-0.3, -0.25) is 4.99 Å². The summed E-state index contributed by atoms with van der Waals surface area (Å²) in [6.45, 7) is 3.07. The van der Waals surface area contributed by atoms with Crippen molar-refractivity contribution < 1.29 is 18.3 Å². The van der Waals surface area contributed by atoms with E-state index in [2.05, 4.69) is 9.89 Å². The molecule has 2 aromatic carbocycles. The Kier molecular flexibility index (Phi) is 5.05. The Morgan fingerprint density at radius 3 is 2.62 bits per heavy atom. The second-order valence-electron chi connectivity index (χ2n) is 5.38. The number of benzene rings is 2. The third-order valence-electron chi connectivity index (χ3n) is 3.85. The second-order valence-corrected chi connectivity index (χ2v) is 5.38. The van der Waals surface area contributed by atoms with Crippen molar-refractivity contribution in [3.05, 3.63) is 53.6 Å². The quantitative estimate of drug-likeness (QED) is 0.803. The molecule has 0 bridgehead atoms. The molecular weight excluding hydrogens is 314 g/mol. The maximum atomic E-state index is 13.6. The number of halogens is 2. The first-order valence-electron chi connectivity index (χ1n) is 7.67. The highest BCUT2D eigenvalue weighted by Gasteiger charge is 2.13. The molecule has 1 saturated heterocycles. The fourth-order valence-electron chi connectivity index (χ4n) is 2.55. The van der Waals surface area contributed by atoms with Crippen molar-refractivity contribution in [3.63, 3.8) is 0 Å². The number of hydrogen-bond donors (Lipinski definition) is 0. The zero-order chi connectivity index (χ0) is 16.9. The zero-order valence-electron chi connectivity index (χ0n) is 13.3. The zero-order valence-corrected chi connectivity index (χ0v) is 13.3. The Hall–Kier alpha value is -2.47. The summed E-state index contributed by atoms with van der Waals surface area (Å²) in [6.07, 6.45) is 1.51. The van der Waals surface area contributed by atoms with Crippen LogP contribution < -0.4 is 9.64 Å². The molecular formula is C18H18F2N2O2. The highest BCUT2D eigenvalue weighted by Crippen LogP contribution is 2.26. The Morgan fingerprint density at radius 1 is 1.12 bits per heavy atom. The molecule has 0 unspecified atom stereocenters. The summed E-state index contributed by atoms with van der Waals surface area (Å²) < 4.78 is 37.3. The predicted molar refractivity (Wildman–Crippen MR) is 89.6 cm³/mol. The molecule has 4 nitrogen and oxygen atoms in total. The van der Waals surface area contributed by atoms with Gasteiger partial charge in [-0.05, 0) is 24.3 Å². The molecule has 126 valence electrons. The first-order chi connectivity index (χ1) is 11.7. The monoisotopic (exact) mass is 332 g/mol. The molecule has 3 rings (SSSR count). The number of ether oxygens (including phenoxy) is 2. The second kappa shape index (κ2) is 7.40. The van der Waals surface area contributed by atoms with E-state index in [-0.39, 0.29) is 5.69 Å². The maximum Gasteiger partial charge on any atom is 0.151 e. The molecule has 6 heteroatoms. The van der Waals surface area contributed by atoms with Crippen LogP contribution in [0, 0.1) is 11.6 Å². The lowest BCUT2D eigenvalue weighted by atomic mass is 10.1. The summed E-state index contributed by atoms with van der Waals surface area (Å²) in [5.74, 6) is -0.681. The number of hydrogen-bond acceptors (Lipinski definition) is 4. The van der Waals surface area contributed by atoms with Gasteiger partial charge in [-0.25, -0.2) is 8.78 Å². The minimum absolute atomic E-state index is 0.0794. The normalized spacial score (nSPS) is 15.0. The van der Waals surface area contributed by atoms with Crippen molar-refractivity contribution in [2.45, 2.75) is 0 Å². The number of aliphatic imine (C=N–C) groups is 1. The number of rotatable bonds is 4. The lowest BCUT2D eigenvalue weighted by Crippen LogP contribution is -2.36. The smallest absolute Gasteiger partial charge is 0.151 e. The molecule has 24 heavy (non-hydrogen) atoms. The lowest BCUT2D eigenvalue weighted by Gasteiger charge is -2.29. The molecule has 0 saturated carbocycles. The van der Waals surface area contributed by atoms with Gasteiger partial charge in [0, 0.05) is 42.7 Å². The van der Waals surface area contributed by atoms with Gasteiger partial charge in [-0.15, -0.1) is 0 Å². The van der Waals surface area contributed by atoms with Crippen molar-refractivity contribution in [1.29, 1.82) is 0 Å². The molecule has 0 aliphatic carbocycles. The van der Waals surface area contributed by atoms with E-state index in [0.717, 1.165) is 30.4 Å². The molecule has 1 aliphatic rings. The van der Waals surface area contributed by atoms with Gasteiger partial charge in [0.15, 0.2) is 5.82 Å². The molecule has 2 aromatic rings. The van der Waals surface area contributed by atoms with Crippen molar-refractivity contribution in [2.75, 3.05) is 38.3 Å². The van der Waals surface area contributed by atoms with Crippen LogP contribution in [0.5, 0.6) is 5.75 Å². The summed E-state index contributed by atoms with van der Waals surface area (Å²) in [5, 5.41) is 0. The van der Waals surface area contributed by atoms with Gasteiger partial charge >= 0.3 is 0 Å². The van der Waals surface area contributed by atoms with Crippen molar-refractivity contribution in [2.24, 2.45) is 4.99 Å². The van der Waals surface area contributed by atoms with E-state index in [1.54, 1.807) is 7.11 Å². The average Bonchev–Trinajstić information content (AvgIpc) is 2.61. The Morgan fingerprint density at radius 2 is 1.92 bits per heavy atom. The minimum Gasteiger partial charge on any atom is -0.496 e. The lowest BCUT2D eigenvalue weighted by molar-refractivity contribution is 0.122. The fraction of sp³-hybridized carbons (Fsp3) is 0.278. The van der Waals surface area contributed by atoms with Gasteiger partial charge in [0.05, 0.1) is 26.0 Å². The summed E-state index contributed by atoms with van der Waals surface area (Å²) in [6, 6.07) is 9.05. The van der Waals surface area contributed by atoms with Crippen molar-refractivity contribution >= 4 is 17.6 Å². The van der Waals surface area contributed by atoms with E-state index in [1.807, 2.05) is 18.2 Å². The van der Waals surface area contributed by atoms with Crippen LogP contribution in [0.3, 0.4) is 0 Å². The van der Waals surface area contributed by atoms with Crippen LogP contribution in [0.4, 0.5) is 20.2 Å². The van der Waals surface area contributed by atoms with Gasteiger partial charge < -0.3 is 14.4 Å². The number of morpholine rings is 1. The average molecular weight is 332 g/mol. The minimum atomic E-state index is -0.699. The number of nitrogens with zero attached hydrogens (tertiary/aromatic N) is 2. The van der Waals surface area contributed by atoms with E-state index in [4.69, 9.17) is 9.47 Å². The van der Waals surface area contributed by atoms with Crippen LogP contribution in [0.2, 0.25) is 0 Å². The molecule has 1 fully saturated rings. The Balaban J connectivity index is 1.83. The molecule has 1 aliphatic heterocycles. The van der Waals surface area contributed by atoms with Crippen LogP contribution in [-0.4, -0.2) is 39.6 Å². The van der Waals surface area contributed by atoms with Crippen LogP contribution >= 0.6 is 0 Å². The van der Waals surface area contributed by atoms with Gasteiger partial charge in [-0.2, -0.15) is 0 Å². The van der Waals surface area contributed by atoms with Crippen LogP contribution in [-0.2, 0) is 4.74 Å². The van der Waals surface area contributed by atoms with Crippen LogP contribution in [0.15, 0.2) is 41.4 Å². The Bertz CT molecular complexity index is 744. The molecule has 0 aromatic heterocycles. The molecule has 0 N–H and O–H groups in total. The van der Waals surface area contributed by atoms with Gasteiger partial charge in [0.2, 0.25) is 0 Å². The van der Waals surface area contributed by atoms with E-state index in [0.29, 0.717) is 19.0 Å². The molecule has 0 atom stereocenters. The summed E-state index contributed by atoms with van der Waals surface area (Å²) >= 11 is 0. The van der Waals surface area contributed by atoms with Crippen molar-refractivity contribution in [1.82, 2.24) is 0 Å². The van der Waals surface area contributed by atoms with Gasteiger partial charge in [0.1, 0.15) is 11.6 Å². The largest absolute Gasteiger partial charge is 0.496 e. The topological polar surface area (TPSA) is 34.1 Å². The van der Waals surface area contributed by atoms with E-state index in [1.165, 1.54) is 18.3 Å². The van der Waals surface area contributed by atoms with Crippen LogP contribution in [0.1, 0.15) is 5.56 Å². The highest BCUT2D eigenvalue weighted by atomic mass is 19.1. The Labute approximate surface area is 139 Å². The predicted octanol–water partition coefficient (Wildman–Crippen LogP) is 3.56. The van der Waals surface area contributed by atoms with Crippen molar-refractivity contribution in [3.8, 4) is 5.75 Å². The maximum absolute atomic E-state index is 13.6. The SMILES string of the molecule is COc1cc(N2CCOCC2)ccc1C=Nc1ccc(F)cc1F. The van der Waals surface area contributed by atoms with E-state index >= 15 is 0 Å². The third kappa shape index (κ3) is 3.71. The number of anilines is 1. The van der Waals surface area contributed by atoms with E-state index in [9.17, 15) is 8.78 Å². The molecule has 0 radical (unpaired) electrons. The van der Waals surface area contributed by atoms with E-state index < -0.39 is 11.6 Å². The first-order valence-corrected chi connectivity index (χ1v) is 7.67. The summed E-state index contributed by atoms with van der Waals surface area (Å²) in [4.78, 5) is 6.30. The fourth-order valence-corrected chi connectivity index (χ4v) is 2.55. The molecule has 0 spiro atoms. The first kappa shape index (κ1) is 16.4. The molecule has 1 heterocycles. The molecule has 0 amide bonds.